The Hall–Kier alpha value is -1.85. The quantitative estimate of drug-likeness (QED) is 0.213. The number of hydrogen-bond acceptors (Lipinski definition) is 7. The zero-order valence-electron chi connectivity index (χ0n) is 11.9. The number of carbonyl (C=O) groups is 4. The number of carboxylic acids is 1. The predicted octanol–water partition coefficient (Wildman–Crippen LogP) is -3.57. The van der Waals surface area contributed by atoms with Gasteiger partial charge in [0.15, 0.2) is 0 Å². The second-order valence-corrected chi connectivity index (χ2v) is 4.68. The second-order valence-electron chi connectivity index (χ2n) is 4.32. The van der Waals surface area contributed by atoms with E-state index in [1.54, 1.807) is 0 Å². The molecule has 0 aliphatic carbocycles. The fraction of sp³-hybridized carbons (Fsp3) is 0.636. The van der Waals surface area contributed by atoms with Crippen LogP contribution in [-0.4, -0.2) is 70.9 Å². The molecule has 126 valence electrons. The summed E-state index contributed by atoms with van der Waals surface area (Å²) in [4.78, 5) is 45.4. The molecule has 0 aliphatic heterocycles. The molecule has 0 aromatic heterocycles. The van der Waals surface area contributed by atoms with Gasteiger partial charge >= 0.3 is 5.97 Å². The molecule has 10 nitrogen and oxygen atoms in total. The number of amides is 3. The fourth-order valence-corrected chi connectivity index (χ4v) is 1.56. The summed E-state index contributed by atoms with van der Waals surface area (Å²) in [6.45, 7) is 0.320. The number of carbonyl (C=O) groups excluding carboxylic acids is 3. The first kappa shape index (κ1) is 20.1. The van der Waals surface area contributed by atoms with Crippen LogP contribution in [0.1, 0.15) is 6.92 Å². The van der Waals surface area contributed by atoms with E-state index < -0.39 is 48.4 Å². The van der Waals surface area contributed by atoms with Crippen LogP contribution in [-0.2, 0) is 19.2 Å². The topological polar surface area (TPSA) is 171 Å². The van der Waals surface area contributed by atoms with Crippen molar-refractivity contribution in [2.45, 2.75) is 25.0 Å². The number of aliphatic carboxylic acids is 1. The summed E-state index contributed by atoms with van der Waals surface area (Å²) in [5, 5.41) is 24.5. The molecule has 3 amide bonds. The normalized spacial score (nSPS) is 14.4. The smallest absolute Gasteiger partial charge is 0.327 e. The Bertz CT molecular complexity index is 433. The molecule has 0 radical (unpaired) electrons. The highest BCUT2D eigenvalue weighted by Gasteiger charge is 2.26. The molecule has 0 fully saturated rings. The van der Waals surface area contributed by atoms with Gasteiger partial charge in [-0.2, -0.15) is 12.6 Å². The van der Waals surface area contributed by atoms with Gasteiger partial charge in [-0.25, -0.2) is 4.79 Å². The molecule has 7 N–H and O–H groups in total. The number of nitrogens with one attached hydrogen (secondary N) is 3. The molecule has 0 spiro atoms. The highest BCUT2D eigenvalue weighted by molar-refractivity contribution is 7.80. The fourth-order valence-electron chi connectivity index (χ4n) is 1.31. The van der Waals surface area contributed by atoms with Crippen molar-refractivity contribution in [1.82, 2.24) is 16.0 Å². The van der Waals surface area contributed by atoms with E-state index in [0.717, 1.165) is 0 Å². The maximum atomic E-state index is 11.8. The van der Waals surface area contributed by atoms with Crippen LogP contribution in [0, 0.1) is 0 Å². The van der Waals surface area contributed by atoms with Crippen LogP contribution >= 0.6 is 12.6 Å². The highest BCUT2D eigenvalue weighted by atomic mass is 32.1. The minimum Gasteiger partial charge on any atom is -0.480 e. The minimum atomic E-state index is -1.36. The third-order valence-corrected chi connectivity index (χ3v) is 2.93. The van der Waals surface area contributed by atoms with Crippen LogP contribution in [0.2, 0.25) is 0 Å². The maximum absolute atomic E-state index is 11.8. The van der Waals surface area contributed by atoms with E-state index in [1.165, 1.54) is 6.92 Å². The van der Waals surface area contributed by atoms with E-state index in [1.807, 2.05) is 0 Å². The van der Waals surface area contributed by atoms with E-state index in [-0.39, 0.29) is 12.3 Å². The van der Waals surface area contributed by atoms with Gasteiger partial charge in [0.2, 0.25) is 17.7 Å². The number of thiol groups is 1. The molecule has 3 unspecified atom stereocenters. The van der Waals surface area contributed by atoms with Crippen LogP contribution in [0.15, 0.2) is 0 Å². The van der Waals surface area contributed by atoms with Gasteiger partial charge in [0.1, 0.15) is 18.1 Å². The lowest BCUT2D eigenvalue weighted by Gasteiger charge is -2.21. The summed E-state index contributed by atoms with van der Waals surface area (Å²) in [7, 11) is 0. The summed E-state index contributed by atoms with van der Waals surface area (Å²) in [5.74, 6) is -3.62. The summed E-state index contributed by atoms with van der Waals surface area (Å²) < 4.78 is 0. The first-order valence-electron chi connectivity index (χ1n) is 6.31. The summed E-state index contributed by atoms with van der Waals surface area (Å²) >= 11 is 3.77. The standard InChI is InChI=1S/C11H20N4O6S/c1-5(13-8(17)2-12)9(18)14-6(3-16)10(19)15-7(4-22)11(20)21/h5-7,16,22H,2-4,12H2,1H3,(H,13,17)(H,14,18)(H,15,19)(H,20,21). The number of carboxylic acid groups (broad SMARTS) is 1. The molecule has 0 aromatic rings. The number of aliphatic hydroxyl groups excluding tert-OH is 1. The van der Waals surface area contributed by atoms with Gasteiger partial charge in [-0.15, -0.1) is 0 Å². The van der Waals surface area contributed by atoms with E-state index in [0.29, 0.717) is 0 Å². The van der Waals surface area contributed by atoms with E-state index in [9.17, 15) is 19.2 Å². The summed E-state index contributed by atoms with van der Waals surface area (Å²) in [5.41, 5.74) is 5.08. The molecule has 0 bridgehead atoms. The number of aliphatic hydroxyl groups is 1. The molecule has 11 heteroatoms. The van der Waals surface area contributed by atoms with E-state index >= 15 is 0 Å². The van der Waals surface area contributed by atoms with Gasteiger partial charge in [0.25, 0.3) is 0 Å². The average Bonchev–Trinajstić information content (AvgIpc) is 2.48. The Kier molecular flexibility index (Phi) is 9.13. The molecule has 0 saturated carbocycles. The second kappa shape index (κ2) is 9.97. The number of rotatable bonds is 9. The average molecular weight is 336 g/mol. The molecule has 0 aromatic carbocycles. The zero-order valence-corrected chi connectivity index (χ0v) is 12.8. The first-order chi connectivity index (χ1) is 10.3. The molecule has 0 heterocycles. The molecular weight excluding hydrogens is 316 g/mol. The van der Waals surface area contributed by atoms with Gasteiger partial charge in [-0.3, -0.25) is 14.4 Å². The largest absolute Gasteiger partial charge is 0.480 e. The lowest BCUT2D eigenvalue weighted by atomic mass is 10.2. The third-order valence-electron chi connectivity index (χ3n) is 2.57. The van der Waals surface area contributed by atoms with Crippen molar-refractivity contribution in [3.05, 3.63) is 0 Å². The lowest BCUT2D eigenvalue weighted by molar-refractivity contribution is -0.141. The predicted molar refractivity (Wildman–Crippen MR) is 79.1 cm³/mol. The summed E-state index contributed by atoms with van der Waals surface area (Å²) in [6.07, 6.45) is 0. The number of nitrogens with two attached hydrogens (primary N) is 1. The third kappa shape index (κ3) is 6.74. The van der Waals surface area contributed by atoms with Crippen molar-refractivity contribution in [2.75, 3.05) is 18.9 Å². The van der Waals surface area contributed by atoms with Crippen molar-refractivity contribution >= 4 is 36.3 Å². The Morgan fingerprint density at radius 3 is 2.05 bits per heavy atom. The van der Waals surface area contributed by atoms with Gasteiger partial charge in [-0.05, 0) is 6.92 Å². The molecular formula is C11H20N4O6S. The van der Waals surface area contributed by atoms with Crippen LogP contribution in [0.25, 0.3) is 0 Å². The van der Waals surface area contributed by atoms with Crippen molar-refractivity contribution in [1.29, 1.82) is 0 Å². The van der Waals surface area contributed by atoms with E-state index in [4.69, 9.17) is 15.9 Å². The van der Waals surface area contributed by atoms with Crippen molar-refractivity contribution in [2.24, 2.45) is 5.73 Å². The Labute approximate surface area is 132 Å². The van der Waals surface area contributed by atoms with Crippen molar-refractivity contribution in [3.8, 4) is 0 Å². The van der Waals surface area contributed by atoms with Crippen LogP contribution in [0.4, 0.5) is 0 Å². The maximum Gasteiger partial charge on any atom is 0.327 e. The molecule has 0 saturated heterocycles. The Morgan fingerprint density at radius 1 is 1.09 bits per heavy atom. The van der Waals surface area contributed by atoms with Gasteiger partial charge in [0, 0.05) is 5.75 Å². The lowest BCUT2D eigenvalue weighted by Crippen LogP contribution is -2.57. The van der Waals surface area contributed by atoms with Crippen molar-refractivity contribution < 1.29 is 29.4 Å². The molecule has 0 aliphatic rings. The van der Waals surface area contributed by atoms with Crippen LogP contribution in [0.5, 0.6) is 0 Å². The number of hydrogen-bond donors (Lipinski definition) is 7. The Morgan fingerprint density at radius 2 is 1.64 bits per heavy atom. The van der Waals surface area contributed by atoms with Crippen LogP contribution in [0.3, 0.4) is 0 Å². The molecule has 22 heavy (non-hydrogen) atoms. The minimum absolute atomic E-state index is 0.157. The molecule has 0 rings (SSSR count). The summed E-state index contributed by atoms with van der Waals surface area (Å²) in [6, 6.07) is -3.58. The monoisotopic (exact) mass is 336 g/mol. The van der Waals surface area contributed by atoms with Gasteiger partial charge in [-0.1, -0.05) is 0 Å². The SMILES string of the molecule is CC(NC(=O)CN)C(=O)NC(CO)C(=O)NC(CS)C(=O)O. The molecule has 3 atom stereocenters. The van der Waals surface area contributed by atoms with Crippen LogP contribution < -0.4 is 21.7 Å². The Balaban J connectivity index is 4.63. The first-order valence-corrected chi connectivity index (χ1v) is 6.94. The zero-order chi connectivity index (χ0) is 17.3. The van der Waals surface area contributed by atoms with Gasteiger partial charge < -0.3 is 31.9 Å². The van der Waals surface area contributed by atoms with Gasteiger partial charge in [0.05, 0.1) is 13.2 Å². The van der Waals surface area contributed by atoms with E-state index in [2.05, 4.69) is 28.6 Å². The highest BCUT2D eigenvalue weighted by Crippen LogP contribution is 1.93. The van der Waals surface area contributed by atoms with Crippen molar-refractivity contribution in [3.63, 3.8) is 0 Å².